The van der Waals surface area contributed by atoms with Crippen molar-refractivity contribution in [3.8, 4) is 0 Å². The number of likely N-dealkylation sites (tertiary alicyclic amines) is 1. The van der Waals surface area contributed by atoms with Gasteiger partial charge in [-0.15, -0.1) is 0 Å². The number of nitrogens with zero attached hydrogens (tertiary/aromatic N) is 3. The first-order valence-electron chi connectivity index (χ1n) is 9.39. The molecule has 2 bridgehead atoms. The summed E-state index contributed by atoms with van der Waals surface area (Å²) in [6.45, 7) is 7.16. The SMILES string of the molecule is CN(C)C=CC(=O)c1ccc(N2C[C@@H]3C[C@H]2CN3C(=O)OC(C)(C)C)cc1. The average Bonchev–Trinajstić information content (AvgIpc) is 3.19. The van der Waals surface area contributed by atoms with E-state index in [0.717, 1.165) is 18.7 Å². The van der Waals surface area contributed by atoms with Crippen LogP contribution in [0.5, 0.6) is 0 Å². The Morgan fingerprint density at radius 3 is 2.30 bits per heavy atom. The van der Waals surface area contributed by atoms with E-state index in [4.69, 9.17) is 4.74 Å². The first kappa shape index (κ1) is 19.3. The molecule has 0 N–H and O–H groups in total. The van der Waals surface area contributed by atoms with Crippen LogP contribution >= 0.6 is 0 Å². The molecule has 0 saturated carbocycles. The topological polar surface area (TPSA) is 53.1 Å². The van der Waals surface area contributed by atoms with Gasteiger partial charge in [0, 0.05) is 56.8 Å². The average molecular weight is 371 g/mol. The Morgan fingerprint density at radius 2 is 1.78 bits per heavy atom. The number of amides is 1. The molecule has 0 spiro atoms. The molecule has 0 aliphatic carbocycles. The van der Waals surface area contributed by atoms with Crippen LogP contribution in [0.2, 0.25) is 0 Å². The highest BCUT2D eigenvalue weighted by Crippen LogP contribution is 2.35. The lowest BCUT2D eigenvalue weighted by molar-refractivity contribution is 0.0214. The van der Waals surface area contributed by atoms with Crippen molar-refractivity contribution in [2.75, 3.05) is 32.1 Å². The van der Waals surface area contributed by atoms with Crippen molar-refractivity contribution < 1.29 is 14.3 Å². The second-order valence-electron chi connectivity index (χ2n) is 8.52. The summed E-state index contributed by atoms with van der Waals surface area (Å²) in [4.78, 5) is 30.5. The van der Waals surface area contributed by atoms with Crippen LogP contribution in [0.4, 0.5) is 10.5 Å². The minimum atomic E-state index is -0.470. The van der Waals surface area contributed by atoms with Gasteiger partial charge in [0.1, 0.15) is 5.60 Å². The summed E-state index contributed by atoms with van der Waals surface area (Å²) in [7, 11) is 3.77. The van der Waals surface area contributed by atoms with Crippen molar-refractivity contribution >= 4 is 17.6 Å². The van der Waals surface area contributed by atoms with E-state index in [1.165, 1.54) is 0 Å². The molecule has 3 rings (SSSR count). The first-order valence-corrected chi connectivity index (χ1v) is 9.39. The molecule has 2 aliphatic rings. The Morgan fingerprint density at radius 1 is 1.11 bits per heavy atom. The third kappa shape index (κ3) is 4.43. The standard InChI is InChI=1S/C21H29N3O3/c1-21(2,3)27-20(26)24-14-17-12-18(24)13-23(17)16-8-6-15(7-9-16)19(25)10-11-22(4)5/h6-11,17-18H,12-14H2,1-5H3/t17-,18-/m0/s1. The number of anilines is 1. The summed E-state index contributed by atoms with van der Waals surface area (Å²) < 4.78 is 5.52. The Balaban J connectivity index is 1.62. The first-order chi connectivity index (χ1) is 12.6. The quantitative estimate of drug-likeness (QED) is 0.601. The number of carbonyl (C=O) groups excluding carboxylic acids is 2. The lowest BCUT2D eigenvalue weighted by atomic mass is 10.1. The van der Waals surface area contributed by atoms with Crippen molar-refractivity contribution in [2.45, 2.75) is 44.9 Å². The van der Waals surface area contributed by atoms with Crippen LogP contribution in [0.3, 0.4) is 0 Å². The summed E-state index contributed by atoms with van der Waals surface area (Å²) in [6, 6.07) is 8.22. The molecule has 2 saturated heterocycles. The van der Waals surface area contributed by atoms with Gasteiger partial charge in [0.15, 0.2) is 5.78 Å². The van der Waals surface area contributed by atoms with Crippen molar-refractivity contribution in [2.24, 2.45) is 0 Å². The molecule has 0 unspecified atom stereocenters. The number of benzene rings is 1. The third-order valence-electron chi connectivity index (χ3n) is 4.88. The van der Waals surface area contributed by atoms with E-state index in [-0.39, 0.29) is 17.9 Å². The van der Waals surface area contributed by atoms with E-state index in [2.05, 4.69) is 4.90 Å². The van der Waals surface area contributed by atoms with Gasteiger partial charge in [-0.3, -0.25) is 4.79 Å². The minimum Gasteiger partial charge on any atom is -0.444 e. The molecule has 6 heteroatoms. The summed E-state index contributed by atoms with van der Waals surface area (Å²) in [6.07, 6.45) is 4.07. The molecular weight excluding hydrogens is 342 g/mol. The molecule has 2 atom stereocenters. The smallest absolute Gasteiger partial charge is 0.410 e. The Kier molecular flexibility index (Phi) is 5.18. The molecule has 2 fully saturated rings. The third-order valence-corrected chi connectivity index (χ3v) is 4.88. The number of rotatable bonds is 4. The second kappa shape index (κ2) is 7.25. The highest BCUT2D eigenvalue weighted by atomic mass is 16.6. The minimum absolute atomic E-state index is 0.00528. The van der Waals surface area contributed by atoms with Crippen molar-refractivity contribution in [3.05, 3.63) is 42.1 Å². The second-order valence-corrected chi connectivity index (χ2v) is 8.52. The monoisotopic (exact) mass is 371 g/mol. The molecule has 2 heterocycles. The number of carbonyl (C=O) groups is 2. The summed E-state index contributed by atoms with van der Waals surface area (Å²) in [5.41, 5.74) is 1.30. The predicted molar refractivity (Wildman–Crippen MR) is 106 cm³/mol. The van der Waals surface area contributed by atoms with Crippen molar-refractivity contribution in [1.29, 1.82) is 0 Å². The van der Waals surface area contributed by atoms with Crippen molar-refractivity contribution in [3.63, 3.8) is 0 Å². The van der Waals surface area contributed by atoms with Crippen LogP contribution in [-0.2, 0) is 4.74 Å². The van der Waals surface area contributed by atoms with E-state index >= 15 is 0 Å². The van der Waals surface area contributed by atoms with E-state index in [1.807, 2.05) is 68.9 Å². The molecule has 1 aromatic rings. The van der Waals surface area contributed by atoms with Gasteiger partial charge >= 0.3 is 6.09 Å². The summed E-state index contributed by atoms with van der Waals surface area (Å²) in [5.74, 6) is -0.00528. The van der Waals surface area contributed by atoms with Crippen LogP contribution in [0, 0.1) is 0 Å². The number of hydrogen-bond acceptors (Lipinski definition) is 5. The predicted octanol–water partition coefficient (Wildman–Crippen LogP) is 3.14. The maximum absolute atomic E-state index is 12.4. The Labute approximate surface area is 161 Å². The molecule has 0 radical (unpaired) electrons. The van der Waals surface area contributed by atoms with E-state index in [9.17, 15) is 9.59 Å². The zero-order valence-electron chi connectivity index (χ0n) is 16.8. The maximum Gasteiger partial charge on any atom is 0.410 e. The molecule has 2 aliphatic heterocycles. The molecule has 27 heavy (non-hydrogen) atoms. The summed E-state index contributed by atoms with van der Waals surface area (Å²) >= 11 is 0. The highest BCUT2D eigenvalue weighted by Gasteiger charge is 2.46. The van der Waals surface area contributed by atoms with Gasteiger partial charge in [0.2, 0.25) is 0 Å². The fourth-order valence-corrected chi connectivity index (χ4v) is 3.66. The van der Waals surface area contributed by atoms with Crippen LogP contribution in [0.1, 0.15) is 37.6 Å². The zero-order chi connectivity index (χ0) is 19.8. The highest BCUT2D eigenvalue weighted by molar-refractivity contribution is 6.04. The van der Waals surface area contributed by atoms with Gasteiger partial charge in [-0.1, -0.05) is 0 Å². The van der Waals surface area contributed by atoms with E-state index in [1.54, 1.807) is 12.3 Å². The van der Waals surface area contributed by atoms with Gasteiger partial charge in [0.25, 0.3) is 0 Å². The number of hydrogen-bond donors (Lipinski definition) is 0. The number of fused-ring (bicyclic) bond motifs is 2. The molecule has 6 nitrogen and oxygen atoms in total. The molecule has 0 aromatic heterocycles. The maximum atomic E-state index is 12.4. The number of ether oxygens (including phenoxy) is 1. The normalized spacial score (nSPS) is 21.8. The van der Waals surface area contributed by atoms with Crippen LogP contribution in [0.15, 0.2) is 36.5 Å². The van der Waals surface area contributed by atoms with Crippen LogP contribution in [0.25, 0.3) is 0 Å². The lowest BCUT2D eigenvalue weighted by Crippen LogP contribution is -2.50. The number of piperazine rings is 1. The van der Waals surface area contributed by atoms with Crippen LogP contribution in [-0.4, -0.2) is 66.5 Å². The molecule has 1 amide bonds. The molecule has 146 valence electrons. The zero-order valence-corrected chi connectivity index (χ0v) is 16.8. The Hall–Kier alpha value is -2.50. The van der Waals surface area contributed by atoms with Gasteiger partial charge in [0.05, 0.1) is 6.04 Å². The molecular formula is C21H29N3O3. The van der Waals surface area contributed by atoms with Gasteiger partial charge in [-0.2, -0.15) is 0 Å². The van der Waals surface area contributed by atoms with Gasteiger partial charge < -0.3 is 19.4 Å². The van der Waals surface area contributed by atoms with Gasteiger partial charge in [-0.25, -0.2) is 4.79 Å². The summed E-state index contributed by atoms with van der Waals surface area (Å²) in [5, 5.41) is 0. The van der Waals surface area contributed by atoms with Crippen LogP contribution < -0.4 is 4.90 Å². The molecule has 1 aromatic carbocycles. The lowest BCUT2D eigenvalue weighted by Gasteiger charge is -2.36. The van der Waals surface area contributed by atoms with E-state index < -0.39 is 5.60 Å². The van der Waals surface area contributed by atoms with Crippen molar-refractivity contribution in [1.82, 2.24) is 9.80 Å². The largest absolute Gasteiger partial charge is 0.444 e. The van der Waals surface area contributed by atoms with Gasteiger partial charge in [-0.05, 0) is 51.5 Å². The Bertz CT molecular complexity index is 734. The fraction of sp³-hybridized carbons (Fsp3) is 0.524. The van der Waals surface area contributed by atoms with E-state index in [0.29, 0.717) is 18.2 Å². The number of ketones is 1. The fourth-order valence-electron chi connectivity index (χ4n) is 3.66. The number of allylic oxidation sites excluding steroid dienone is 1.